The first-order valence-corrected chi connectivity index (χ1v) is 8.78. The van der Waals surface area contributed by atoms with E-state index in [-0.39, 0.29) is 35.4 Å². The fraction of sp³-hybridized carbons (Fsp3) is 0.842. The number of fused-ring (bicyclic) bond motifs is 2. The smallest absolute Gasteiger partial charge is 0.137 e. The Hall–Kier alpha value is -0.670. The van der Waals surface area contributed by atoms with Gasteiger partial charge in [0.2, 0.25) is 0 Å². The lowest BCUT2D eigenvalue weighted by molar-refractivity contribution is -0.128. The summed E-state index contributed by atoms with van der Waals surface area (Å²) in [7, 11) is 1.77. The molecule has 2 fully saturated rings. The van der Waals surface area contributed by atoms with Gasteiger partial charge in [0.05, 0.1) is 12.2 Å². The molecule has 2 saturated carbocycles. The van der Waals surface area contributed by atoms with Crippen molar-refractivity contribution in [3.05, 3.63) is 11.6 Å². The predicted octanol–water partition coefficient (Wildman–Crippen LogP) is 3.36. The van der Waals surface area contributed by atoms with Gasteiger partial charge in [-0.2, -0.15) is 0 Å². The molecule has 22 heavy (non-hydrogen) atoms. The maximum atomic E-state index is 12.9. The number of rotatable bonds is 1. The van der Waals surface area contributed by atoms with Gasteiger partial charge in [-0.15, -0.1) is 0 Å². The van der Waals surface area contributed by atoms with Crippen molar-refractivity contribution in [1.29, 1.82) is 0 Å². The van der Waals surface area contributed by atoms with Crippen molar-refractivity contribution >= 4 is 5.78 Å². The van der Waals surface area contributed by atoms with E-state index < -0.39 is 0 Å². The molecule has 0 saturated heterocycles. The van der Waals surface area contributed by atoms with Gasteiger partial charge in [-0.05, 0) is 54.4 Å². The first-order valence-electron chi connectivity index (χ1n) is 8.78. The lowest BCUT2D eigenvalue weighted by atomic mass is 9.64. The number of hydrogen-bond acceptors (Lipinski definition) is 3. The van der Waals surface area contributed by atoms with Crippen LogP contribution in [0.2, 0.25) is 0 Å². The second kappa shape index (κ2) is 5.76. The van der Waals surface area contributed by atoms with Crippen LogP contribution in [0.5, 0.6) is 0 Å². The first-order chi connectivity index (χ1) is 10.3. The Balaban J connectivity index is 1.95. The molecule has 0 spiro atoms. The quantitative estimate of drug-likeness (QED) is 0.756. The van der Waals surface area contributed by atoms with Crippen molar-refractivity contribution in [3.8, 4) is 0 Å². The topological polar surface area (TPSA) is 46.5 Å². The third-order valence-corrected chi connectivity index (χ3v) is 6.60. The van der Waals surface area contributed by atoms with Crippen molar-refractivity contribution in [2.45, 2.75) is 65.1 Å². The van der Waals surface area contributed by atoms with Crippen LogP contribution in [0.4, 0.5) is 0 Å². The fourth-order valence-electron chi connectivity index (χ4n) is 5.03. The summed E-state index contributed by atoms with van der Waals surface area (Å²) in [6.45, 7) is 6.70. The summed E-state index contributed by atoms with van der Waals surface area (Å²) < 4.78 is 5.63. The van der Waals surface area contributed by atoms with Gasteiger partial charge in [-0.1, -0.05) is 26.8 Å². The van der Waals surface area contributed by atoms with Crippen LogP contribution in [0.15, 0.2) is 11.6 Å². The number of Topliss-reactive ketones (excluding diaryl/α,β-unsaturated/α-hetero) is 1. The number of allylic oxidation sites excluding steroid dienone is 1. The zero-order valence-corrected chi connectivity index (χ0v) is 14.3. The van der Waals surface area contributed by atoms with Gasteiger partial charge >= 0.3 is 0 Å². The summed E-state index contributed by atoms with van der Waals surface area (Å²) in [5.41, 5.74) is 1.25. The zero-order valence-electron chi connectivity index (χ0n) is 14.3. The van der Waals surface area contributed by atoms with Crippen LogP contribution in [0.25, 0.3) is 0 Å². The van der Waals surface area contributed by atoms with E-state index in [0.29, 0.717) is 18.1 Å². The van der Waals surface area contributed by atoms with Crippen molar-refractivity contribution < 1.29 is 14.6 Å². The number of carbonyl (C=O) groups excluding carboxylic acids is 1. The highest BCUT2D eigenvalue weighted by atomic mass is 16.5. The lowest BCUT2D eigenvalue weighted by Crippen LogP contribution is -2.38. The molecule has 3 aliphatic rings. The van der Waals surface area contributed by atoms with E-state index in [4.69, 9.17) is 4.74 Å². The minimum Gasteiger partial charge on any atom is -0.389 e. The van der Waals surface area contributed by atoms with Crippen molar-refractivity contribution in [2.24, 2.45) is 29.1 Å². The van der Waals surface area contributed by atoms with Crippen LogP contribution in [0, 0.1) is 29.1 Å². The summed E-state index contributed by atoms with van der Waals surface area (Å²) in [5.74, 6) is 1.43. The van der Waals surface area contributed by atoms with Crippen molar-refractivity contribution in [1.82, 2.24) is 0 Å². The van der Waals surface area contributed by atoms with Crippen LogP contribution < -0.4 is 0 Å². The number of carbonyl (C=O) groups is 1. The number of ether oxygens (including phenoxy) is 1. The van der Waals surface area contributed by atoms with Crippen LogP contribution in [0.1, 0.15) is 52.9 Å². The van der Waals surface area contributed by atoms with E-state index >= 15 is 0 Å². The normalized spacial score (nSPS) is 44.6. The largest absolute Gasteiger partial charge is 0.389 e. The summed E-state index contributed by atoms with van der Waals surface area (Å²) in [5, 5.41) is 10.5. The fourth-order valence-corrected chi connectivity index (χ4v) is 5.03. The molecule has 0 amide bonds. The number of ketones is 1. The first kappa shape index (κ1) is 16.2. The standard InChI is InChI=1S/C19H30O3/c1-11-7-13-12(9-18(11)22-4)8-14-15(10-17(13)21)19(2,3)6-5-16(14)20/h8,11-13,15-16,18,20H,5-7,9-10H2,1-4H3/t11?,12?,13?,15-,16-,18?/m1/s1. The Morgan fingerprint density at radius 3 is 2.73 bits per heavy atom. The zero-order chi connectivity index (χ0) is 16.1. The molecule has 3 rings (SSSR count). The van der Waals surface area contributed by atoms with E-state index in [2.05, 4.69) is 26.8 Å². The second-order valence-corrected chi connectivity index (χ2v) is 8.43. The van der Waals surface area contributed by atoms with E-state index in [1.807, 2.05) is 0 Å². The van der Waals surface area contributed by atoms with Gasteiger partial charge < -0.3 is 9.84 Å². The summed E-state index contributed by atoms with van der Waals surface area (Å²) in [4.78, 5) is 12.9. The van der Waals surface area contributed by atoms with E-state index in [1.165, 1.54) is 0 Å². The molecule has 0 aromatic rings. The Labute approximate surface area is 134 Å². The van der Waals surface area contributed by atoms with Crippen LogP contribution in [-0.2, 0) is 9.53 Å². The molecule has 0 aromatic carbocycles. The van der Waals surface area contributed by atoms with Gasteiger partial charge in [0.1, 0.15) is 5.78 Å². The molecule has 3 nitrogen and oxygen atoms in total. The highest BCUT2D eigenvalue weighted by Crippen LogP contribution is 2.50. The monoisotopic (exact) mass is 306 g/mol. The van der Waals surface area contributed by atoms with Gasteiger partial charge in [0, 0.05) is 19.4 Å². The molecule has 0 aliphatic heterocycles. The number of methoxy groups -OCH3 is 1. The molecule has 6 atom stereocenters. The third-order valence-electron chi connectivity index (χ3n) is 6.60. The highest BCUT2D eigenvalue weighted by Gasteiger charge is 2.47. The average Bonchev–Trinajstić information content (AvgIpc) is 2.61. The maximum absolute atomic E-state index is 12.9. The second-order valence-electron chi connectivity index (χ2n) is 8.43. The van der Waals surface area contributed by atoms with Gasteiger partial charge in [0.25, 0.3) is 0 Å². The Morgan fingerprint density at radius 1 is 1.32 bits per heavy atom. The number of aliphatic hydroxyl groups is 1. The molecular weight excluding hydrogens is 276 g/mol. The molecule has 0 aromatic heterocycles. The SMILES string of the molecule is COC1CC2C=C3[C@H](O)CCC(C)(C)[C@@H]3CC(=O)C2CC1C. The van der Waals surface area contributed by atoms with Gasteiger partial charge in [-0.3, -0.25) is 4.79 Å². The molecule has 124 valence electrons. The van der Waals surface area contributed by atoms with Crippen LogP contribution in [-0.4, -0.2) is 30.2 Å². The summed E-state index contributed by atoms with van der Waals surface area (Å²) >= 11 is 0. The number of hydrogen-bond donors (Lipinski definition) is 1. The van der Waals surface area contributed by atoms with Crippen LogP contribution >= 0.6 is 0 Å². The maximum Gasteiger partial charge on any atom is 0.137 e. The average molecular weight is 306 g/mol. The summed E-state index contributed by atoms with van der Waals surface area (Å²) in [6, 6.07) is 0. The van der Waals surface area contributed by atoms with Crippen molar-refractivity contribution in [2.75, 3.05) is 7.11 Å². The van der Waals surface area contributed by atoms with Gasteiger partial charge in [-0.25, -0.2) is 0 Å². The predicted molar refractivity (Wildman–Crippen MR) is 86.4 cm³/mol. The summed E-state index contributed by atoms with van der Waals surface area (Å²) in [6.07, 6.45) is 6.42. The minimum atomic E-state index is -0.357. The molecule has 0 radical (unpaired) electrons. The van der Waals surface area contributed by atoms with E-state index in [0.717, 1.165) is 31.3 Å². The van der Waals surface area contributed by atoms with E-state index in [1.54, 1.807) is 7.11 Å². The molecular formula is C19H30O3. The minimum absolute atomic E-state index is 0.112. The lowest BCUT2D eigenvalue weighted by Gasteiger charge is -2.42. The number of aliphatic hydroxyl groups excluding tert-OH is 1. The van der Waals surface area contributed by atoms with Crippen molar-refractivity contribution in [3.63, 3.8) is 0 Å². The molecule has 0 heterocycles. The molecule has 0 bridgehead atoms. The molecule has 1 N–H and O–H groups in total. The Bertz CT molecular complexity index is 479. The highest BCUT2D eigenvalue weighted by molar-refractivity contribution is 5.83. The molecule has 3 heteroatoms. The molecule has 3 aliphatic carbocycles. The van der Waals surface area contributed by atoms with Crippen LogP contribution in [0.3, 0.4) is 0 Å². The van der Waals surface area contributed by atoms with E-state index in [9.17, 15) is 9.90 Å². The Morgan fingerprint density at radius 2 is 2.05 bits per heavy atom. The third kappa shape index (κ3) is 2.67. The van der Waals surface area contributed by atoms with Gasteiger partial charge in [0.15, 0.2) is 0 Å². The molecule has 4 unspecified atom stereocenters. The Kier molecular flexibility index (Phi) is 4.24.